The summed E-state index contributed by atoms with van der Waals surface area (Å²) in [5.41, 5.74) is 7.76. The molecule has 8 heteroatoms. The van der Waals surface area contributed by atoms with Gasteiger partial charge in [0.05, 0.1) is 36.2 Å². The molecule has 3 aromatic rings. The summed E-state index contributed by atoms with van der Waals surface area (Å²) in [6.45, 7) is 4.52. The van der Waals surface area contributed by atoms with E-state index in [9.17, 15) is 9.18 Å². The molecule has 0 amide bonds. The van der Waals surface area contributed by atoms with E-state index in [2.05, 4.69) is 28.8 Å². The fourth-order valence-electron chi connectivity index (χ4n) is 2.91. The van der Waals surface area contributed by atoms with E-state index in [1.165, 1.54) is 10.8 Å². The number of hydrogen-bond donors (Lipinski definition) is 2. The average molecular weight is 359 g/mol. The first-order valence-electron chi connectivity index (χ1n) is 8.39. The molecule has 7 nitrogen and oxygen atoms in total. The number of pyridine rings is 2. The molecule has 3 aromatic heterocycles. The average Bonchev–Trinajstić information content (AvgIpc) is 3.02. The van der Waals surface area contributed by atoms with Crippen molar-refractivity contribution >= 4 is 16.7 Å². The van der Waals surface area contributed by atoms with Crippen LogP contribution < -0.4 is 11.3 Å². The Hall–Kier alpha value is -2.74. The molecule has 0 bridgehead atoms. The van der Waals surface area contributed by atoms with Crippen molar-refractivity contribution in [3.63, 3.8) is 0 Å². The third kappa shape index (κ3) is 3.45. The molecule has 0 aliphatic carbocycles. The molecule has 3 rings (SSSR count). The third-order valence-electron chi connectivity index (χ3n) is 4.10. The Morgan fingerprint density at radius 2 is 2.15 bits per heavy atom. The van der Waals surface area contributed by atoms with Crippen molar-refractivity contribution < 1.29 is 9.13 Å². The molecular formula is C18H22FN5O2. The molecule has 0 aromatic carbocycles. The van der Waals surface area contributed by atoms with Crippen molar-refractivity contribution in [3.8, 4) is 0 Å². The van der Waals surface area contributed by atoms with Crippen LogP contribution in [-0.4, -0.2) is 26.6 Å². The number of halogens is 1. The molecule has 0 unspecified atom stereocenters. The lowest BCUT2D eigenvalue weighted by Crippen LogP contribution is -2.27. The standard InChI is InChI=1S/C18H22FN5O2/c1-10(2)6-14-17-16(12(19)7-21-14)22-15(23-17)8-24-11(9-26-3)4-5-13(20)18(24)25/h4-5,7,10H,6,8-9,20H2,1-3H3,(H,22,23). The number of nitrogens with zero attached hydrogens (tertiary/aromatic N) is 3. The van der Waals surface area contributed by atoms with Crippen LogP contribution >= 0.6 is 0 Å². The predicted molar refractivity (Wildman–Crippen MR) is 97.3 cm³/mol. The molecule has 138 valence electrons. The van der Waals surface area contributed by atoms with Gasteiger partial charge in [-0.3, -0.25) is 9.78 Å². The molecule has 3 heterocycles. The molecule has 0 aliphatic heterocycles. The first-order chi connectivity index (χ1) is 12.4. The van der Waals surface area contributed by atoms with E-state index in [0.29, 0.717) is 29.4 Å². The summed E-state index contributed by atoms with van der Waals surface area (Å²) >= 11 is 0. The topological polar surface area (TPSA) is 98.8 Å². The second-order valence-electron chi connectivity index (χ2n) is 6.66. The molecule has 3 N–H and O–H groups in total. The Morgan fingerprint density at radius 3 is 2.85 bits per heavy atom. The van der Waals surface area contributed by atoms with Gasteiger partial charge >= 0.3 is 0 Å². The van der Waals surface area contributed by atoms with E-state index in [1.807, 2.05) is 0 Å². The number of imidazole rings is 1. The number of nitrogen functional groups attached to an aromatic ring is 1. The Morgan fingerprint density at radius 1 is 1.38 bits per heavy atom. The molecule has 0 atom stereocenters. The highest BCUT2D eigenvalue weighted by Crippen LogP contribution is 2.20. The quantitative estimate of drug-likeness (QED) is 0.703. The zero-order valence-corrected chi connectivity index (χ0v) is 15.0. The van der Waals surface area contributed by atoms with Crippen molar-refractivity contribution in [1.29, 1.82) is 0 Å². The zero-order valence-electron chi connectivity index (χ0n) is 15.0. The molecule has 0 aliphatic rings. The monoisotopic (exact) mass is 359 g/mol. The number of aromatic amines is 1. The SMILES string of the molecule is COCc1ccc(N)c(=O)n1Cc1nc2c(F)cnc(CC(C)C)c2[nH]1. The number of hydrogen-bond acceptors (Lipinski definition) is 5. The van der Waals surface area contributed by atoms with Crippen LogP contribution in [0.5, 0.6) is 0 Å². The van der Waals surface area contributed by atoms with Gasteiger partial charge in [-0.25, -0.2) is 9.37 Å². The molecular weight excluding hydrogens is 337 g/mol. The van der Waals surface area contributed by atoms with Crippen LogP contribution in [0.3, 0.4) is 0 Å². The second kappa shape index (κ2) is 7.25. The van der Waals surface area contributed by atoms with Crippen molar-refractivity contribution in [2.75, 3.05) is 12.8 Å². The van der Waals surface area contributed by atoms with Gasteiger partial charge in [-0.15, -0.1) is 0 Å². The van der Waals surface area contributed by atoms with E-state index in [4.69, 9.17) is 10.5 Å². The minimum Gasteiger partial charge on any atom is -0.394 e. The van der Waals surface area contributed by atoms with Crippen LogP contribution in [0.1, 0.15) is 31.1 Å². The van der Waals surface area contributed by atoms with Crippen LogP contribution in [0.25, 0.3) is 11.0 Å². The lowest BCUT2D eigenvalue weighted by Gasteiger charge is -2.11. The van der Waals surface area contributed by atoms with E-state index in [-0.39, 0.29) is 29.9 Å². The van der Waals surface area contributed by atoms with Gasteiger partial charge in [-0.2, -0.15) is 0 Å². The number of aromatic nitrogens is 4. The molecule has 0 fully saturated rings. The molecule has 0 saturated carbocycles. The maximum Gasteiger partial charge on any atom is 0.274 e. The summed E-state index contributed by atoms with van der Waals surface area (Å²) in [6.07, 6.45) is 1.89. The first kappa shape index (κ1) is 18.1. The summed E-state index contributed by atoms with van der Waals surface area (Å²) < 4.78 is 20.8. The van der Waals surface area contributed by atoms with Gasteiger partial charge in [0.2, 0.25) is 0 Å². The van der Waals surface area contributed by atoms with Gasteiger partial charge in [0.25, 0.3) is 5.56 Å². The van der Waals surface area contributed by atoms with Gasteiger partial charge < -0.3 is 20.0 Å². The predicted octanol–water partition coefficient (Wildman–Crippen LogP) is 2.23. The van der Waals surface area contributed by atoms with Crippen LogP contribution in [0.2, 0.25) is 0 Å². The number of fused-ring (bicyclic) bond motifs is 1. The molecule has 26 heavy (non-hydrogen) atoms. The lowest BCUT2D eigenvalue weighted by atomic mass is 10.1. The van der Waals surface area contributed by atoms with Gasteiger partial charge in [-0.05, 0) is 24.5 Å². The number of H-pyrrole nitrogens is 1. The fourth-order valence-corrected chi connectivity index (χ4v) is 2.91. The van der Waals surface area contributed by atoms with Crippen molar-refractivity contribution in [1.82, 2.24) is 19.5 Å². The zero-order chi connectivity index (χ0) is 18.8. The highest BCUT2D eigenvalue weighted by molar-refractivity contribution is 5.77. The number of nitrogens with two attached hydrogens (primary N) is 1. The molecule has 0 radical (unpaired) electrons. The van der Waals surface area contributed by atoms with Gasteiger partial charge in [-0.1, -0.05) is 13.8 Å². The minimum absolute atomic E-state index is 0.134. The van der Waals surface area contributed by atoms with Gasteiger partial charge in [0.1, 0.15) is 11.3 Å². The normalized spacial score (nSPS) is 11.6. The first-order valence-corrected chi connectivity index (χ1v) is 8.39. The van der Waals surface area contributed by atoms with E-state index in [1.54, 1.807) is 19.2 Å². The van der Waals surface area contributed by atoms with E-state index in [0.717, 1.165) is 5.69 Å². The van der Waals surface area contributed by atoms with Crippen LogP contribution in [0.15, 0.2) is 23.1 Å². The summed E-state index contributed by atoms with van der Waals surface area (Å²) in [4.78, 5) is 24.1. The van der Waals surface area contributed by atoms with E-state index < -0.39 is 5.82 Å². The minimum atomic E-state index is -0.493. The lowest BCUT2D eigenvalue weighted by molar-refractivity contribution is 0.177. The van der Waals surface area contributed by atoms with Crippen molar-refractivity contribution in [2.45, 2.75) is 33.4 Å². The van der Waals surface area contributed by atoms with Crippen LogP contribution in [-0.2, 0) is 24.3 Å². The summed E-state index contributed by atoms with van der Waals surface area (Å²) in [5, 5.41) is 0. The highest BCUT2D eigenvalue weighted by atomic mass is 19.1. The largest absolute Gasteiger partial charge is 0.394 e. The Balaban J connectivity index is 2.07. The Bertz CT molecular complexity index is 993. The van der Waals surface area contributed by atoms with Crippen LogP contribution in [0, 0.1) is 11.7 Å². The summed E-state index contributed by atoms with van der Waals surface area (Å²) in [5.74, 6) is 0.335. The number of rotatable bonds is 6. The maximum absolute atomic E-state index is 14.1. The summed E-state index contributed by atoms with van der Waals surface area (Å²) in [6, 6.07) is 3.28. The van der Waals surface area contributed by atoms with Crippen molar-refractivity contribution in [2.24, 2.45) is 5.92 Å². The summed E-state index contributed by atoms with van der Waals surface area (Å²) in [7, 11) is 1.55. The smallest absolute Gasteiger partial charge is 0.274 e. The number of anilines is 1. The highest BCUT2D eigenvalue weighted by Gasteiger charge is 2.16. The number of methoxy groups -OCH3 is 1. The second-order valence-corrected chi connectivity index (χ2v) is 6.66. The maximum atomic E-state index is 14.1. The number of nitrogens with one attached hydrogen (secondary N) is 1. The molecule has 0 spiro atoms. The molecule has 0 saturated heterocycles. The Kier molecular flexibility index (Phi) is 5.03. The fraction of sp³-hybridized carbons (Fsp3) is 0.389. The third-order valence-corrected chi connectivity index (χ3v) is 4.10. The van der Waals surface area contributed by atoms with Gasteiger partial charge in [0.15, 0.2) is 5.82 Å². The number of ether oxygens (including phenoxy) is 1. The Labute approximate surface area is 150 Å². The van der Waals surface area contributed by atoms with E-state index >= 15 is 0 Å². The van der Waals surface area contributed by atoms with Gasteiger partial charge in [0, 0.05) is 12.8 Å². The van der Waals surface area contributed by atoms with Crippen molar-refractivity contribution in [3.05, 3.63) is 51.7 Å². The van der Waals surface area contributed by atoms with Crippen LogP contribution in [0.4, 0.5) is 10.1 Å².